The molecule has 35 heavy (non-hydrogen) atoms. The fourth-order valence-electron chi connectivity index (χ4n) is 3.81. The zero-order valence-corrected chi connectivity index (χ0v) is 21.0. The van der Waals surface area contributed by atoms with Gasteiger partial charge in [0, 0.05) is 21.4 Å². The number of hydrogen-bond acceptors (Lipinski definition) is 5. The van der Waals surface area contributed by atoms with Gasteiger partial charge in [-0.1, -0.05) is 80.6 Å². The normalized spacial score (nSPS) is 14.9. The summed E-state index contributed by atoms with van der Waals surface area (Å²) in [4.78, 5) is 23.2. The van der Waals surface area contributed by atoms with Gasteiger partial charge in [-0.15, -0.1) is 0 Å². The summed E-state index contributed by atoms with van der Waals surface area (Å²) in [5.74, 6) is -0.137. The summed E-state index contributed by atoms with van der Waals surface area (Å²) >= 11 is 1.57. The van der Waals surface area contributed by atoms with Gasteiger partial charge in [0.05, 0.1) is 5.52 Å². The molecule has 0 aliphatic carbocycles. The van der Waals surface area contributed by atoms with Crippen LogP contribution in [0.4, 0.5) is 0 Å². The number of para-hydroxylation sites is 1. The topological polar surface area (TPSA) is 51.6 Å². The van der Waals surface area contributed by atoms with Gasteiger partial charge in [0.25, 0.3) is 0 Å². The Morgan fingerprint density at radius 1 is 0.914 bits per heavy atom. The lowest BCUT2D eigenvalue weighted by Crippen LogP contribution is -2.11. The number of aryl methyl sites for hydroxylation is 1. The minimum Gasteiger partial charge on any atom is -0.402 e. The molecule has 0 amide bonds. The van der Waals surface area contributed by atoms with Crippen molar-refractivity contribution in [3.63, 3.8) is 0 Å². The lowest BCUT2D eigenvalue weighted by Gasteiger charge is -2.18. The number of ether oxygens (including phenoxy) is 1. The SMILES string of the molecule is Cc1ccc(Sc2nc3ccccc3cc2/C=C2/N=C(c3ccc(C(C)(C)C)cc3)OC2=O)cc1. The molecule has 5 heteroatoms. The first-order chi connectivity index (χ1) is 16.8. The molecule has 2 heterocycles. The highest BCUT2D eigenvalue weighted by atomic mass is 32.2. The smallest absolute Gasteiger partial charge is 0.363 e. The van der Waals surface area contributed by atoms with Gasteiger partial charge >= 0.3 is 5.97 Å². The number of carbonyl (C=O) groups is 1. The molecule has 5 rings (SSSR count). The molecule has 4 nitrogen and oxygen atoms in total. The van der Waals surface area contributed by atoms with Gasteiger partial charge in [-0.25, -0.2) is 14.8 Å². The van der Waals surface area contributed by atoms with Crippen LogP contribution < -0.4 is 0 Å². The molecule has 3 aromatic carbocycles. The standard InChI is InChI=1S/C30H26N2O2S/c1-19-9-15-24(16-10-19)35-28-22(17-21-7-5-6-8-25(21)32-28)18-26-29(33)34-27(31-26)20-11-13-23(14-12-20)30(2,3)4/h5-18H,1-4H3/b26-18+. The van der Waals surface area contributed by atoms with E-state index in [0.717, 1.165) is 32.0 Å². The van der Waals surface area contributed by atoms with Crippen molar-refractivity contribution in [3.8, 4) is 0 Å². The first-order valence-corrected chi connectivity index (χ1v) is 12.4. The first kappa shape index (κ1) is 23.1. The van der Waals surface area contributed by atoms with Gasteiger partial charge in [-0.05, 0) is 60.4 Å². The molecule has 0 radical (unpaired) electrons. The number of nitrogens with zero attached hydrogens (tertiary/aromatic N) is 2. The number of aromatic nitrogens is 1. The van der Waals surface area contributed by atoms with E-state index in [1.54, 1.807) is 17.8 Å². The van der Waals surface area contributed by atoms with E-state index in [2.05, 4.69) is 69.1 Å². The number of hydrogen-bond donors (Lipinski definition) is 0. The highest BCUT2D eigenvalue weighted by Crippen LogP contribution is 2.33. The van der Waals surface area contributed by atoms with E-state index < -0.39 is 5.97 Å². The minimum atomic E-state index is -0.459. The number of pyridine rings is 1. The van der Waals surface area contributed by atoms with E-state index in [1.165, 1.54) is 11.1 Å². The average molecular weight is 479 g/mol. The van der Waals surface area contributed by atoms with Crippen LogP contribution in [-0.4, -0.2) is 16.9 Å². The highest BCUT2D eigenvalue weighted by molar-refractivity contribution is 7.99. The van der Waals surface area contributed by atoms with Crippen molar-refractivity contribution in [1.29, 1.82) is 0 Å². The van der Waals surface area contributed by atoms with Crippen molar-refractivity contribution >= 4 is 40.6 Å². The zero-order chi connectivity index (χ0) is 24.6. The van der Waals surface area contributed by atoms with Crippen LogP contribution in [0.25, 0.3) is 17.0 Å². The number of benzene rings is 3. The van der Waals surface area contributed by atoms with Crippen LogP contribution in [0, 0.1) is 6.92 Å². The minimum absolute atomic E-state index is 0.0480. The summed E-state index contributed by atoms with van der Waals surface area (Å²) in [7, 11) is 0. The van der Waals surface area contributed by atoms with Crippen molar-refractivity contribution in [3.05, 3.63) is 107 Å². The molecule has 174 valence electrons. The maximum Gasteiger partial charge on any atom is 0.363 e. The van der Waals surface area contributed by atoms with Crippen LogP contribution in [0.2, 0.25) is 0 Å². The fraction of sp³-hybridized carbons (Fsp3) is 0.167. The Kier molecular flexibility index (Phi) is 6.03. The maximum atomic E-state index is 12.7. The molecule has 4 aromatic rings. The van der Waals surface area contributed by atoms with E-state index >= 15 is 0 Å². The third-order valence-electron chi connectivity index (χ3n) is 5.86. The Morgan fingerprint density at radius 3 is 2.34 bits per heavy atom. The largest absolute Gasteiger partial charge is 0.402 e. The predicted octanol–water partition coefficient (Wildman–Crippen LogP) is 7.34. The van der Waals surface area contributed by atoms with Gasteiger partial charge in [0.15, 0.2) is 5.70 Å². The van der Waals surface area contributed by atoms with Gasteiger partial charge in [0.2, 0.25) is 5.90 Å². The van der Waals surface area contributed by atoms with E-state index in [4.69, 9.17) is 9.72 Å². The van der Waals surface area contributed by atoms with Crippen molar-refractivity contribution in [1.82, 2.24) is 4.98 Å². The first-order valence-electron chi connectivity index (χ1n) is 11.5. The Labute approximate surface area is 209 Å². The average Bonchev–Trinajstić information content (AvgIpc) is 3.20. The molecule has 0 saturated heterocycles. The fourth-order valence-corrected chi connectivity index (χ4v) is 4.69. The second-order valence-corrected chi connectivity index (χ2v) is 10.7. The molecule has 1 aliphatic heterocycles. The lowest BCUT2D eigenvalue weighted by atomic mass is 9.87. The van der Waals surface area contributed by atoms with Crippen LogP contribution in [0.5, 0.6) is 0 Å². The number of fused-ring (bicyclic) bond motifs is 1. The monoisotopic (exact) mass is 478 g/mol. The zero-order valence-electron chi connectivity index (χ0n) is 20.2. The van der Waals surface area contributed by atoms with Gasteiger partial charge in [0.1, 0.15) is 5.03 Å². The molecule has 0 spiro atoms. The Balaban J connectivity index is 1.53. The second-order valence-electron chi connectivity index (χ2n) is 9.65. The van der Waals surface area contributed by atoms with Crippen molar-refractivity contribution in [2.45, 2.75) is 43.0 Å². The van der Waals surface area contributed by atoms with E-state index in [1.807, 2.05) is 42.5 Å². The van der Waals surface area contributed by atoms with Crippen LogP contribution in [0.1, 0.15) is 43.0 Å². The summed E-state index contributed by atoms with van der Waals surface area (Å²) in [5.41, 5.74) is 5.24. The number of esters is 1. The lowest BCUT2D eigenvalue weighted by molar-refractivity contribution is -0.129. The number of rotatable bonds is 4. The molecular weight excluding hydrogens is 452 g/mol. The van der Waals surface area contributed by atoms with E-state index in [-0.39, 0.29) is 11.1 Å². The second kappa shape index (κ2) is 9.16. The predicted molar refractivity (Wildman–Crippen MR) is 143 cm³/mol. The van der Waals surface area contributed by atoms with Gasteiger partial charge in [-0.3, -0.25) is 0 Å². The Morgan fingerprint density at radius 2 is 1.63 bits per heavy atom. The third-order valence-corrected chi connectivity index (χ3v) is 6.89. The summed E-state index contributed by atoms with van der Waals surface area (Å²) < 4.78 is 5.53. The molecular formula is C30H26N2O2S. The molecule has 0 atom stereocenters. The Bertz CT molecular complexity index is 1480. The molecule has 0 N–H and O–H groups in total. The van der Waals surface area contributed by atoms with Crippen molar-refractivity contribution in [2.24, 2.45) is 4.99 Å². The molecule has 0 fully saturated rings. The van der Waals surface area contributed by atoms with Crippen LogP contribution in [0.15, 0.2) is 99.5 Å². The van der Waals surface area contributed by atoms with Crippen molar-refractivity contribution < 1.29 is 9.53 Å². The van der Waals surface area contributed by atoms with Crippen LogP contribution in [-0.2, 0) is 14.9 Å². The summed E-state index contributed by atoms with van der Waals surface area (Å²) in [5, 5.41) is 1.81. The highest BCUT2D eigenvalue weighted by Gasteiger charge is 2.25. The van der Waals surface area contributed by atoms with Crippen molar-refractivity contribution in [2.75, 3.05) is 0 Å². The molecule has 0 saturated carbocycles. The van der Waals surface area contributed by atoms with Crippen LogP contribution in [0.3, 0.4) is 0 Å². The van der Waals surface area contributed by atoms with Gasteiger partial charge in [-0.2, -0.15) is 0 Å². The number of cyclic esters (lactones) is 1. The molecule has 0 bridgehead atoms. The van der Waals surface area contributed by atoms with Gasteiger partial charge < -0.3 is 4.74 Å². The third kappa shape index (κ3) is 5.05. The quantitative estimate of drug-likeness (QED) is 0.227. The molecule has 1 aliphatic rings. The number of carbonyl (C=O) groups excluding carboxylic acids is 1. The van der Waals surface area contributed by atoms with Crippen LogP contribution >= 0.6 is 11.8 Å². The maximum absolute atomic E-state index is 12.7. The summed E-state index contributed by atoms with van der Waals surface area (Å²) in [6.45, 7) is 8.57. The molecule has 1 aromatic heterocycles. The van der Waals surface area contributed by atoms with E-state index in [0.29, 0.717) is 5.90 Å². The van der Waals surface area contributed by atoms with E-state index in [9.17, 15) is 4.79 Å². The molecule has 0 unspecified atom stereocenters. The number of aliphatic imine (C=N–C) groups is 1. The Hall–Kier alpha value is -3.70. The summed E-state index contributed by atoms with van der Waals surface area (Å²) in [6, 6.07) is 26.3. The summed E-state index contributed by atoms with van der Waals surface area (Å²) in [6.07, 6.45) is 1.77.